The summed E-state index contributed by atoms with van der Waals surface area (Å²) in [6.45, 7) is 5.52. The zero-order valence-electron chi connectivity index (χ0n) is 11.4. The molecule has 1 aromatic rings. The molecule has 2 aliphatic heterocycles. The van der Waals surface area contributed by atoms with E-state index in [-0.39, 0.29) is 5.91 Å². The number of nitrogens with one attached hydrogen (secondary N) is 1. The summed E-state index contributed by atoms with van der Waals surface area (Å²) in [5.74, 6) is 0.903. The molecule has 0 unspecified atom stereocenters. The minimum Gasteiger partial charge on any atom is -0.356 e. The molecule has 1 fully saturated rings. The van der Waals surface area contributed by atoms with E-state index in [1.165, 1.54) is 0 Å². The molecule has 1 N–H and O–H groups in total. The van der Waals surface area contributed by atoms with Gasteiger partial charge < -0.3 is 19.7 Å². The molecular weight excluding hydrogens is 242 g/mol. The lowest BCUT2D eigenvalue weighted by molar-refractivity contribution is 0.0757. The van der Waals surface area contributed by atoms with E-state index in [9.17, 15) is 4.79 Å². The second-order valence-corrected chi connectivity index (χ2v) is 5.37. The Morgan fingerprint density at radius 2 is 2.11 bits per heavy atom. The molecule has 1 saturated heterocycles. The van der Waals surface area contributed by atoms with Crippen molar-refractivity contribution in [3.8, 4) is 0 Å². The van der Waals surface area contributed by atoms with Gasteiger partial charge in [-0.1, -0.05) is 0 Å². The molecule has 3 heterocycles. The van der Waals surface area contributed by atoms with Crippen molar-refractivity contribution in [3.63, 3.8) is 0 Å². The fraction of sp³-hybridized carbons (Fsp3) is 0.692. The number of hydrogen-bond donors (Lipinski definition) is 1. The largest absolute Gasteiger partial charge is 0.356 e. The highest BCUT2D eigenvalue weighted by Gasteiger charge is 2.23. The maximum absolute atomic E-state index is 12.5. The van der Waals surface area contributed by atoms with Crippen LogP contribution in [0.15, 0.2) is 6.20 Å². The van der Waals surface area contributed by atoms with Crippen molar-refractivity contribution in [2.75, 3.05) is 45.1 Å². The molecule has 1 amide bonds. The van der Waals surface area contributed by atoms with Crippen molar-refractivity contribution in [2.45, 2.75) is 19.4 Å². The van der Waals surface area contributed by atoms with Crippen LogP contribution < -0.4 is 5.32 Å². The Kier molecular flexibility index (Phi) is 3.42. The third-order valence-electron chi connectivity index (χ3n) is 3.86. The second kappa shape index (κ2) is 5.21. The lowest BCUT2D eigenvalue weighted by Crippen LogP contribution is -2.34. The highest BCUT2D eigenvalue weighted by molar-refractivity contribution is 5.92. The average molecular weight is 263 g/mol. The van der Waals surface area contributed by atoms with E-state index in [1.54, 1.807) is 0 Å². The summed E-state index contributed by atoms with van der Waals surface area (Å²) in [7, 11) is 2.10. The van der Waals surface area contributed by atoms with Crippen molar-refractivity contribution < 1.29 is 4.79 Å². The highest BCUT2D eigenvalue weighted by Crippen LogP contribution is 2.16. The quantitative estimate of drug-likeness (QED) is 0.800. The molecule has 0 saturated carbocycles. The third-order valence-corrected chi connectivity index (χ3v) is 3.86. The van der Waals surface area contributed by atoms with Gasteiger partial charge in [0, 0.05) is 38.9 Å². The van der Waals surface area contributed by atoms with Gasteiger partial charge in [0.1, 0.15) is 5.69 Å². The van der Waals surface area contributed by atoms with Crippen LogP contribution in [0.4, 0.5) is 5.95 Å². The standard InChI is InChI=1S/C13H21N5O/c1-16-5-3-7-17(9-8-16)12(19)11-10-18-6-2-4-14-13(18)15-11/h10H,2-9H2,1H3,(H,14,15). The molecule has 6 nitrogen and oxygen atoms in total. The minimum absolute atomic E-state index is 0.0685. The van der Waals surface area contributed by atoms with Crippen molar-refractivity contribution in [1.29, 1.82) is 0 Å². The van der Waals surface area contributed by atoms with Gasteiger partial charge in [-0.05, 0) is 26.4 Å². The summed E-state index contributed by atoms with van der Waals surface area (Å²) in [5, 5.41) is 3.23. The number of rotatable bonds is 1. The normalized spacial score (nSPS) is 20.6. The van der Waals surface area contributed by atoms with Gasteiger partial charge in [0.15, 0.2) is 0 Å². The lowest BCUT2D eigenvalue weighted by atomic mass is 10.3. The molecular formula is C13H21N5O. The number of imidazole rings is 1. The molecule has 0 spiro atoms. The Morgan fingerprint density at radius 1 is 1.21 bits per heavy atom. The molecule has 19 heavy (non-hydrogen) atoms. The maximum Gasteiger partial charge on any atom is 0.274 e. The monoisotopic (exact) mass is 263 g/mol. The first-order valence-corrected chi connectivity index (χ1v) is 7.03. The number of carbonyl (C=O) groups excluding carboxylic acids is 1. The zero-order valence-corrected chi connectivity index (χ0v) is 11.4. The summed E-state index contributed by atoms with van der Waals surface area (Å²) in [6, 6.07) is 0. The first-order chi connectivity index (χ1) is 9.24. The second-order valence-electron chi connectivity index (χ2n) is 5.37. The zero-order chi connectivity index (χ0) is 13.2. The van der Waals surface area contributed by atoms with Gasteiger partial charge >= 0.3 is 0 Å². The van der Waals surface area contributed by atoms with Crippen LogP contribution in [0.3, 0.4) is 0 Å². The average Bonchev–Trinajstić information content (AvgIpc) is 2.74. The van der Waals surface area contributed by atoms with Gasteiger partial charge in [0.2, 0.25) is 5.95 Å². The number of aromatic nitrogens is 2. The molecule has 0 bridgehead atoms. The van der Waals surface area contributed by atoms with Crippen molar-refractivity contribution in [3.05, 3.63) is 11.9 Å². The highest BCUT2D eigenvalue weighted by atomic mass is 16.2. The van der Waals surface area contributed by atoms with Crippen LogP contribution in [0.2, 0.25) is 0 Å². The van der Waals surface area contributed by atoms with Crippen LogP contribution in [0.1, 0.15) is 23.3 Å². The number of aryl methyl sites for hydroxylation is 1. The Bertz CT molecular complexity index is 446. The molecule has 0 aromatic carbocycles. The van der Waals surface area contributed by atoms with E-state index < -0.39 is 0 Å². The summed E-state index contributed by atoms with van der Waals surface area (Å²) in [6.07, 6.45) is 4.01. The van der Waals surface area contributed by atoms with Gasteiger partial charge in [-0.25, -0.2) is 4.98 Å². The Labute approximate surface area is 113 Å². The van der Waals surface area contributed by atoms with E-state index in [2.05, 4.69) is 22.2 Å². The van der Waals surface area contributed by atoms with Gasteiger partial charge in [-0.2, -0.15) is 0 Å². The number of carbonyl (C=O) groups is 1. The molecule has 1 aromatic heterocycles. The fourth-order valence-electron chi connectivity index (χ4n) is 2.69. The molecule has 3 rings (SSSR count). The van der Waals surface area contributed by atoms with Gasteiger partial charge in [0.05, 0.1) is 0 Å². The molecule has 0 aliphatic carbocycles. The Morgan fingerprint density at radius 3 is 2.95 bits per heavy atom. The molecule has 6 heteroatoms. The van der Waals surface area contributed by atoms with Crippen molar-refractivity contribution in [1.82, 2.24) is 19.4 Å². The lowest BCUT2D eigenvalue weighted by Gasteiger charge is -2.19. The number of hydrogen-bond acceptors (Lipinski definition) is 4. The van der Waals surface area contributed by atoms with Crippen LogP contribution in [0.5, 0.6) is 0 Å². The van der Waals surface area contributed by atoms with Crippen LogP contribution in [0, 0.1) is 0 Å². The Hall–Kier alpha value is -1.56. The maximum atomic E-state index is 12.5. The number of anilines is 1. The predicted molar refractivity (Wildman–Crippen MR) is 73.4 cm³/mol. The number of likely N-dealkylation sites (N-methyl/N-ethyl adjacent to an activating group) is 1. The topological polar surface area (TPSA) is 53.4 Å². The van der Waals surface area contributed by atoms with Crippen molar-refractivity contribution >= 4 is 11.9 Å². The summed E-state index contributed by atoms with van der Waals surface area (Å²) < 4.78 is 2.04. The minimum atomic E-state index is 0.0685. The number of nitrogens with zero attached hydrogens (tertiary/aromatic N) is 4. The number of amides is 1. The van der Waals surface area contributed by atoms with Gasteiger partial charge in [0.25, 0.3) is 5.91 Å². The SMILES string of the molecule is CN1CCCN(C(=O)c2cn3c(n2)NCCC3)CC1. The van der Waals surface area contributed by atoms with Crippen LogP contribution in [-0.4, -0.2) is 65.0 Å². The molecule has 0 radical (unpaired) electrons. The first-order valence-electron chi connectivity index (χ1n) is 7.03. The van der Waals surface area contributed by atoms with E-state index in [4.69, 9.17) is 0 Å². The van der Waals surface area contributed by atoms with Gasteiger partial charge in [-0.15, -0.1) is 0 Å². The van der Waals surface area contributed by atoms with E-state index in [0.717, 1.165) is 58.1 Å². The fourth-order valence-corrected chi connectivity index (χ4v) is 2.69. The van der Waals surface area contributed by atoms with E-state index in [1.807, 2.05) is 15.7 Å². The molecule has 104 valence electrons. The Balaban J connectivity index is 1.74. The smallest absolute Gasteiger partial charge is 0.274 e. The van der Waals surface area contributed by atoms with E-state index in [0.29, 0.717) is 5.69 Å². The predicted octanol–water partition coefficient (Wildman–Crippen LogP) is 0.476. The first kappa shape index (κ1) is 12.5. The summed E-state index contributed by atoms with van der Waals surface area (Å²) in [5.41, 5.74) is 0.578. The summed E-state index contributed by atoms with van der Waals surface area (Å²) >= 11 is 0. The number of fused-ring (bicyclic) bond motifs is 1. The van der Waals surface area contributed by atoms with Crippen LogP contribution in [-0.2, 0) is 6.54 Å². The van der Waals surface area contributed by atoms with Crippen LogP contribution in [0.25, 0.3) is 0 Å². The molecule has 0 atom stereocenters. The third kappa shape index (κ3) is 2.58. The van der Waals surface area contributed by atoms with Crippen LogP contribution >= 0.6 is 0 Å². The summed E-state index contributed by atoms with van der Waals surface area (Å²) in [4.78, 5) is 21.1. The van der Waals surface area contributed by atoms with Crippen molar-refractivity contribution in [2.24, 2.45) is 0 Å². The van der Waals surface area contributed by atoms with Gasteiger partial charge in [-0.3, -0.25) is 4.79 Å². The molecule has 2 aliphatic rings. The van der Waals surface area contributed by atoms with E-state index >= 15 is 0 Å².